The molecule has 0 saturated heterocycles. The average molecular weight is 382 g/mol. The monoisotopic (exact) mass is 381 g/mol. The van der Waals surface area contributed by atoms with Gasteiger partial charge in [0.25, 0.3) is 5.91 Å². The highest BCUT2D eigenvalue weighted by molar-refractivity contribution is 5.94. The van der Waals surface area contributed by atoms with Crippen LogP contribution >= 0.6 is 0 Å². The van der Waals surface area contributed by atoms with Crippen molar-refractivity contribution < 1.29 is 9.59 Å². The van der Waals surface area contributed by atoms with Crippen molar-refractivity contribution in [3.63, 3.8) is 0 Å². The highest BCUT2D eigenvalue weighted by atomic mass is 16.2. The third-order valence-electron chi connectivity index (χ3n) is 4.43. The first-order chi connectivity index (χ1) is 13.3. The second kappa shape index (κ2) is 10.5. The van der Waals surface area contributed by atoms with E-state index < -0.39 is 0 Å². The summed E-state index contributed by atoms with van der Waals surface area (Å²) < 4.78 is 0. The van der Waals surface area contributed by atoms with Crippen molar-refractivity contribution in [3.8, 4) is 0 Å². The number of carbonyl (C=O) groups is 2. The number of carbonyl (C=O) groups excluding carboxylic acids is 2. The molecule has 0 bridgehead atoms. The zero-order chi connectivity index (χ0) is 20.5. The number of urea groups is 1. The Morgan fingerprint density at radius 3 is 2.00 bits per heavy atom. The maximum atomic E-state index is 12.3. The van der Waals surface area contributed by atoms with Gasteiger partial charge in [-0.25, -0.2) is 4.79 Å². The molecule has 0 spiro atoms. The van der Waals surface area contributed by atoms with Gasteiger partial charge < -0.3 is 16.0 Å². The fourth-order valence-electron chi connectivity index (χ4n) is 2.76. The predicted octanol–water partition coefficient (Wildman–Crippen LogP) is 3.99. The number of rotatable bonds is 8. The van der Waals surface area contributed by atoms with E-state index in [-0.39, 0.29) is 18.0 Å². The molecule has 2 aromatic carbocycles. The normalized spacial score (nSPS) is 10.8. The quantitative estimate of drug-likeness (QED) is 0.647. The lowest BCUT2D eigenvalue weighted by molar-refractivity contribution is 0.0954. The standard InChI is InChI=1S/C23H31N3O2/c1-16(2)20-9-5-18(6-10-20)13-14-24-22(27)21-11-7-19(8-12-21)15-25-23(28)26-17(3)4/h5-12,16-17H,13-15H2,1-4H3,(H,24,27)(H2,25,26,28). The summed E-state index contributed by atoms with van der Waals surface area (Å²) in [6, 6.07) is 15.7. The lowest BCUT2D eigenvalue weighted by Crippen LogP contribution is -2.39. The van der Waals surface area contributed by atoms with E-state index in [4.69, 9.17) is 0 Å². The van der Waals surface area contributed by atoms with Gasteiger partial charge in [0, 0.05) is 24.7 Å². The minimum atomic E-state index is -0.196. The van der Waals surface area contributed by atoms with Gasteiger partial charge in [0.05, 0.1) is 0 Å². The van der Waals surface area contributed by atoms with Crippen molar-refractivity contribution in [1.29, 1.82) is 0 Å². The topological polar surface area (TPSA) is 70.2 Å². The maximum absolute atomic E-state index is 12.3. The number of amides is 3. The van der Waals surface area contributed by atoms with Gasteiger partial charge in [-0.15, -0.1) is 0 Å². The third-order valence-corrected chi connectivity index (χ3v) is 4.43. The van der Waals surface area contributed by atoms with E-state index in [2.05, 4.69) is 54.1 Å². The van der Waals surface area contributed by atoms with E-state index in [1.165, 1.54) is 11.1 Å². The van der Waals surface area contributed by atoms with Crippen LogP contribution in [0.15, 0.2) is 48.5 Å². The van der Waals surface area contributed by atoms with E-state index in [1.807, 2.05) is 26.0 Å². The zero-order valence-electron chi connectivity index (χ0n) is 17.2. The van der Waals surface area contributed by atoms with E-state index in [0.29, 0.717) is 24.6 Å². The van der Waals surface area contributed by atoms with E-state index in [9.17, 15) is 9.59 Å². The first-order valence-corrected chi connectivity index (χ1v) is 9.85. The Hall–Kier alpha value is -2.82. The Kier molecular flexibility index (Phi) is 8.05. The average Bonchev–Trinajstić information content (AvgIpc) is 2.66. The summed E-state index contributed by atoms with van der Waals surface area (Å²) in [7, 11) is 0. The second-order valence-electron chi connectivity index (χ2n) is 7.58. The van der Waals surface area contributed by atoms with Crippen LogP contribution in [0.5, 0.6) is 0 Å². The summed E-state index contributed by atoms with van der Waals surface area (Å²) >= 11 is 0. The molecule has 0 aliphatic rings. The van der Waals surface area contributed by atoms with Gasteiger partial charge in [-0.05, 0) is 55.0 Å². The molecule has 5 heteroatoms. The Morgan fingerprint density at radius 2 is 1.43 bits per heavy atom. The van der Waals surface area contributed by atoms with Gasteiger partial charge >= 0.3 is 6.03 Å². The number of hydrogen-bond donors (Lipinski definition) is 3. The van der Waals surface area contributed by atoms with Crippen molar-refractivity contribution in [3.05, 3.63) is 70.8 Å². The third kappa shape index (κ3) is 7.06. The highest BCUT2D eigenvalue weighted by Crippen LogP contribution is 2.14. The van der Waals surface area contributed by atoms with Gasteiger partial charge in [0.1, 0.15) is 0 Å². The van der Waals surface area contributed by atoms with Crippen molar-refractivity contribution in [2.75, 3.05) is 6.54 Å². The summed E-state index contributed by atoms with van der Waals surface area (Å²) in [5, 5.41) is 8.52. The lowest BCUT2D eigenvalue weighted by atomic mass is 10.0. The summed E-state index contributed by atoms with van der Waals surface area (Å²) in [4.78, 5) is 23.9. The van der Waals surface area contributed by atoms with Gasteiger partial charge in [-0.1, -0.05) is 50.2 Å². The molecule has 0 aliphatic carbocycles. The molecule has 0 saturated carbocycles. The van der Waals surface area contributed by atoms with Crippen molar-refractivity contribution >= 4 is 11.9 Å². The number of nitrogens with one attached hydrogen (secondary N) is 3. The molecule has 0 aliphatic heterocycles. The van der Waals surface area contributed by atoms with Crippen LogP contribution in [0.2, 0.25) is 0 Å². The molecule has 28 heavy (non-hydrogen) atoms. The molecule has 5 nitrogen and oxygen atoms in total. The predicted molar refractivity (Wildman–Crippen MR) is 114 cm³/mol. The fourth-order valence-corrected chi connectivity index (χ4v) is 2.76. The maximum Gasteiger partial charge on any atom is 0.315 e. The molecule has 150 valence electrons. The first kappa shape index (κ1) is 21.5. The molecule has 0 fully saturated rings. The highest BCUT2D eigenvalue weighted by Gasteiger charge is 2.06. The Balaban J connectivity index is 1.77. The van der Waals surface area contributed by atoms with Crippen LogP contribution in [0.1, 0.15) is 60.7 Å². The molecule has 2 rings (SSSR count). The smallest absolute Gasteiger partial charge is 0.315 e. The summed E-state index contributed by atoms with van der Waals surface area (Å²) in [6.07, 6.45) is 0.803. The molecule has 0 aromatic heterocycles. The molecule has 3 amide bonds. The van der Waals surface area contributed by atoms with E-state index in [1.54, 1.807) is 12.1 Å². The first-order valence-electron chi connectivity index (χ1n) is 9.85. The van der Waals surface area contributed by atoms with Gasteiger partial charge in [0.15, 0.2) is 0 Å². The zero-order valence-corrected chi connectivity index (χ0v) is 17.2. The number of hydrogen-bond acceptors (Lipinski definition) is 2. The molecular formula is C23H31N3O2. The Labute approximate surface area is 167 Å². The minimum absolute atomic E-state index is 0.0872. The van der Waals surface area contributed by atoms with Gasteiger partial charge in [0.2, 0.25) is 0 Å². The molecule has 0 radical (unpaired) electrons. The second-order valence-corrected chi connectivity index (χ2v) is 7.58. The minimum Gasteiger partial charge on any atom is -0.352 e. The Morgan fingerprint density at radius 1 is 0.821 bits per heavy atom. The molecular weight excluding hydrogens is 350 g/mol. The van der Waals surface area contributed by atoms with Crippen LogP contribution in [0, 0.1) is 0 Å². The fraction of sp³-hybridized carbons (Fsp3) is 0.391. The van der Waals surface area contributed by atoms with Crippen LogP contribution in [-0.4, -0.2) is 24.5 Å². The largest absolute Gasteiger partial charge is 0.352 e. The molecule has 3 N–H and O–H groups in total. The molecule has 0 unspecified atom stereocenters. The van der Waals surface area contributed by atoms with Gasteiger partial charge in [-0.2, -0.15) is 0 Å². The summed E-state index contributed by atoms with van der Waals surface area (Å²) in [5.74, 6) is 0.437. The number of benzene rings is 2. The SMILES string of the molecule is CC(C)NC(=O)NCc1ccc(C(=O)NCCc2ccc(C(C)C)cc2)cc1. The van der Waals surface area contributed by atoms with E-state index in [0.717, 1.165) is 12.0 Å². The van der Waals surface area contributed by atoms with Crippen LogP contribution in [0.3, 0.4) is 0 Å². The van der Waals surface area contributed by atoms with Crippen molar-refractivity contribution in [2.45, 2.75) is 52.6 Å². The molecule has 0 heterocycles. The van der Waals surface area contributed by atoms with Gasteiger partial charge in [-0.3, -0.25) is 4.79 Å². The van der Waals surface area contributed by atoms with Crippen molar-refractivity contribution in [2.24, 2.45) is 0 Å². The van der Waals surface area contributed by atoms with Crippen LogP contribution in [-0.2, 0) is 13.0 Å². The lowest BCUT2D eigenvalue weighted by Gasteiger charge is -2.10. The van der Waals surface area contributed by atoms with Crippen molar-refractivity contribution in [1.82, 2.24) is 16.0 Å². The molecule has 0 atom stereocenters. The summed E-state index contributed by atoms with van der Waals surface area (Å²) in [6.45, 7) is 9.20. The summed E-state index contributed by atoms with van der Waals surface area (Å²) in [5.41, 5.74) is 4.10. The van der Waals surface area contributed by atoms with Crippen LogP contribution in [0.4, 0.5) is 4.79 Å². The van der Waals surface area contributed by atoms with Crippen LogP contribution < -0.4 is 16.0 Å². The van der Waals surface area contributed by atoms with Crippen LogP contribution in [0.25, 0.3) is 0 Å². The van der Waals surface area contributed by atoms with E-state index >= 15 is 0 Å². The Bertz CT molecular complexity index is 765. The molecule has 2 aromatic rings.